The lowest BCUT2D eigenvalue weighted by Crippen LogP contribution is -2.36. The molecule has 0 bridgehead atoms. The quantitative estimate of drug-likeness (QED) is 0.781. The number of nitrogens with zero attached hydrogens (tertiary/aromatic N) is 1. The van der Waals surface area contributed by atoms with Crippen LogP contribution in [0.3, 0.4) is 0 Å². The fourth-order valence-corrected chi connectivity index (χ4v) is 1.62. The van der Waals surface area contributed by atoms with Gasteiger partial charge in [-0.2, -0.15) is 0 Å². The van der Waals surface area contributed by atoms with Gasteiger partial charge in [0.1, 0.15) is 5.82 Å². The van der Waals surface area contributed by atoms with E-state index in [1.165, 1.54) is 0 Å². The number of ether oxygens (including phenoxy) is 1. The maximum atomic E-state index is 11.7. The van der Waals surface area contributed by atoms with Crippen LogP contribution in [0.1, 0.15) is 12.8 Å². The summed E-state index contributed by atoms with van der Waals surface area (Å²) in [5.74, 6) is 0.250. The average Bonchev–Trinajstić information content (AvgIpc) is 2.32. The van der Waals surface area contributed by atoms with Crippen LogP contribution < -0.4 is 11.1 Å². The summed E-state index contributed by atoms with van der Waals surface area (Å²) in [7, 11) is 1.62. The Bertz CT molecular complexity index is 373. The molecule has 1 atom stereocenters. The first-order valence-corrected chi connectivity index (χ1v) is 6.10. The summed E-state index contributed by atoms with van der Waals surface area (Å²) in [5.41, 5.74) is 5.75. The Morgan fingerprint density at radius 3 is 3.12 bits per heavy atom. The van der Waals surface area contributed by atoms with Gasteiger partial charge < -0.3 is 15.8 Å². The highest BCUT2D eigenvalue weighted by molar-refractivity contribution is 9.10. The summed E-state index contributed by atoms with van der Waals surface area (Å²) in [5, 5.41) is 2.67. The number of carbonyl (C=O) groups is 1. The molecule has 1 aromatic rings. The number of carbonyl (C=O) groups excluding carboxylic acids is 1. The monoisotopic (exact) mass is 301 g/mol. The zero-order valence-electron chi connectivity index (χ0n) is 9.65. The fourth-order valence-electron chi connectivity index (χ4n) is 1.27. The second kappa shape index (κ2) is 7.37. The van der Waals surface area contributed by atoms with E-state index < -0.39 is 6.04 Å². The molecular weight excluding hydrogens is 286 g/mol. The van der Waals surface area contributed by atoms with E-state index in [1.807, 2.05) is 0 Å². The number of methoxy groups -OCH3 is 1. The average molecular weight is 302 g/mol. The second-order valence-electron chi connectivity index (χ2n) is 3.56. The summed E-state index contributed by atoms with van der Waals surface area (Å²) in [4.78, 5) is 15.8. The van der Waals surface area contributed by atoms with Crippen molar-refractivity contribution in [1.82, 2.24) is 4.98 Å². The third-order valence-electron chi connectivity index (χ3n) is 2.20. The molecule has 0 radical (unpaired) electrons. The summed E-state index contributed by atoms with van der Waals surface area (Å²) in [6, 6.07) is 3.04. The maximum Gasteiger partial charge on any atom is 0.242 e. The molecular formula is C11H16BrN3O2. The number of nitrogens with two attached hydrogens (primary N) is 1. The Balaban J connectivity index is 2.46. The van der Waals surface area contributed by atoms with Crippen molar-refractivity contribution in [3.8, 4) is 0 Å². The molecule has 0 spiro atoms. The zero-order valence-corrected chi connectivity index (χ0v) is 11.2. The molecule has 5 nitrogen and oxygen atoms in total. The van der Waals surface area contributed by atoms with E-state index in [-0.39, 0.29) is 5.91 Å². The van der Waals surface area contributed by atoms with Gasteiger partial charge in [0, 0.05) is 19.9 Å². The van der Waals surface area contributed by atoms with Crippen molar-refractivity contribution in [1.29, 1.82) is 0 Å². The molecule has 3 N–H and O–H groups in total. The van der Waals surface area contributed by atoms with Crippen molar-refractivity contribution in [3.63, 3.8) is 0 Å². The van der Waals surface area contributed by atoms with E-state index in [0.717, 1.165) is 10.9 Å². The van der Waals surface area contributed by atoms with E-state index in [9.17, 15) is 4.79 Å². The van der Waals surface area contributed by atoms with Crippen LogP contribution in [0.2, 0.25) is 0 Å². The van der Waals surface area contributed by atoms with Crippen molar-refractivity contribution in [2.75, 3.05) is 19.0 Å². The number of rotatable bonds is 6. The smallest absolute Gasteiger partial charge is 0.242 e. The Kier molecular flexibility index (Phi) is 6.10. The summed E-state index contributed by atoms with van der Waals surface area (Å²) >= 11 is 3.30. The molecule has 6 heteroatoms. The molecule has 0 aliphatic carbocycles. The van der Waals surface area contributed by atoms with Gasteiger partial charge in [-0.15, -0.1) is 0 Å². The molecule has 1 aromatic heterocycles. The fraction of sp³-hybridized carbons (Fsp3) is 0.455. The van der Waals surface area contributed by atoms with E-state index >= 15 is 0 Å². The molecule has 1 rings (SSSR count). The van der Waals surface area contributed by atoms with Gasteiger partial charge in [0.25, 0.3) is 0 Å². The lowest BCUT2D eigenvalue weighted by atomic mass is 10.1. The number of halogens is 1. The molecule has 1 heterocycles. The van der Waals surface area contributed by atoms with Gasteiger partial charge in [0.15, 0.2) is 0 Å². The van der Waals surface area contributed by atoms with Crippen LogP contribution in [-0.2, 0) is 9.53 Å². The predicted octanol–water partition coefficient (Wildman–Crippen LogP) is 1.54. The predicted molar refractivity (Wildman–Crippen MR) is 69.7 cm³/mol. The Morgan fingerprint density at radius 2 is 2.47 bits per heavy atom. The number of hydrogen-bond donors (Lipinski definition) is 2. The minimum absolute atomic E-state index is 0.236. The number of pyridine rings is 1. The number of anilines is 1. The molecule has 94 valence electrons. The van der Waals surface area contributed by atoms with Crippen molar-refractivity contribution < 1.29 is 9.53 Å². The highest BCUT2D eigenvalue weighted by Crippen LogP contribution is 2.18. The Hall–Kier alpha value is -0.980. The highest BCUT2D eigenvalue weighted by atomic mass is 79.9. The number of nitrogens with one attached hydrogen (secondary N) is 1. The second-order valence-corrected chi connectivity index (χ2v) is 4.42. The third kappa shape index (κ3) is 4.80. The van der Waals surface area contributed by atoms with Crippen LogP contribution in [0.5, 0.6) is 0 Å². The first-order chi connectivity index (χ1) is 8.15. The summed E-state index contributed by atoms with van der Waals surface area (Å²) in [6.45, 7) is 0.605. The molecule has 1 amide bonds. The first-order valence-electron chi connectivity index (χ1n) is 5.31. The third-order valence-corrected chi connectivity index (χ3v) is 2.84. The summed E-state index contributed by atoms with van der Waals surface area (Å²) < 4.78 is 5.64. The Morgan fingerprint density at radius 1 is 1.71 bits per heavy atom. The lowest BCUT2D eigenvalue weighted by molar-refractivity contribution is -0.117. The minimum atomic E-state index is -0.543. The van der Waals surface area contributed by atoms with E-state index in [2.05, 4.69) is 26.2 Å². The number of amides is 1. The molecule has 0 aliphatic heterocycles. The number of hydrogen-bond acceptors (Lipinski definition) is 4. The normalized spacial score (nSPS) is 12.2. The topological polar surface area (TPSA) is 77.2 Å². The van der Waals surface area contributed by atoms with Crippen LogP contribution >= 0.6 is 15.9 Å². The van der Waals surface area contributed by atoms with E-state index in [1.54, 1.807) is 25.4 Å². The van der Waals surface area contributed by atoms with Crippen LogP contribution in [-0.4, -0.2) is 30.6 Å². The van der Waals surface area contributed by atoms with Gasteiger partial charge in [-0.25, -0.2) is 4.98 Å². The molecule has 0 aliphatic rings. The van der Waals surface area contributed by atoms with Crippen molar-refractivity contribution >= 4 is 27.7 Å². The van der Waals surface area contributed by atoms with Crippen LogP contribution in [0.25, 0.3) is 0 Å². The standard InChI is InChI=1S/C11H16BrN3O2/c1-17-7-3-5-9(13)11(16)15-10-8(12)4-2-6-14-10/h2,4,6,9H,3,5,7,13H2,1H3,(H,14,15,16). The van der Waals surface area contributed by atoms with Gasteiger partial charge in [0.05, 0.1) is 10.5 Å². The molecule has 1 unspecified atom stereocenters. The number of aromatic nitrogens is 1. The first kappa shape index (κ1) is 14.1. The van der Waals surface area contributed by atoms with Crippen LogP contribution in [0.15, 0.2) is 22.8 Å². The zero-order chi connectivity index (χ0) is 12.7. The highest BCUT2D eigenvalue weighted by Gasteiger charge is 2.14. The van der Waals surface area contributed by atoms with Gasteiger partial charge in [-0.05, 0) is 40.9 Å². The Labute approximate surface area is 109 Å². The van der Waals surface area contributed by atoms with Gasteiger partial charge in [-0.1, -0.05) is 0 Å². The molecule has 0 saturated heterocycles. The molecule has 0 saturated carbocycles. The van der Waals surface area contributed by atoms with Crippen LogP contribution in [0, 0.1) is 0 Å². The van der Waals surface area contributed by atoms with Crippen molar-refractivity contribution in [3.05, 3.63) is 22.8 Å². The largest absolute Gasteiger partial charge is 0.385 e. The molecule has 0 aromatic carbocycles. The lowest BCUT2D eigenvalue weighted by Gasteiger charge is -2.12. The van der Waals surface area contributed by atoms with Gasteiger partial charge in [0.2, 0.25) is 5.91 Å². The van der Waals surface area contributed by atoms with E-state index in [4.69, 9.17) is 10.5 Å². The molecule has 17 heavy (non-hydrogen) atoms. The SMILES string of the molecule is COCCCC(N)C(=O)Nc1ncccc1Br. The van der Waals surface area contributed by atoms with Gasteiger partial charge >= 0.3 is 0 Å². The van der Waals surface area contributed by atoms with Crippen molar-refractivity contribution in [2.45, 2.75) is 18.9 Å². The summed E-state index contributed by atoms with van der Waals surface area (Å²) in [6.07, 6.45) is 2.95. The van der Waals surface area contributed by atoms with Crippen molar-refractivity contribution in [2.24, 2.45) is 5.73 Å². The molecule has 0 fully saturated rings. The minimum Gasteiger partial charge on any atom is -0.385 e. The van der Waals surface area contributed by atoms with Gasteiger partial charge in [-0.3, -0.25) is 4.79 Å². The maximum absolute atomic E-state index is 11.7. The van der Waals surface area contributed by atoms with Crippen LogP contribution in [0.4, 0.5) is 5.82 Å². The van der Waals surface area contributed by atoms with E-state index in [0.29, 0.717) is 18.8 Å².